The van der Waals surface area contributed by atoms with E-state index in [4.69, 9.17) is 11.6 Å². The van der Waals surface area contributed by atoms with Crippen LogP contribution < -0.4 is 10.2 Å². The number of hydrogen-bond acceptors (Lipinski definition) is 2. The van der Waals surface area contributed by atoms with Crippen LogP contribution in [0.5, 0.6) is 0 Å². The molecule has 3 aromatic rings. The van der Waals surface area contributed by atoms with Crippen LogP contribution in [0.25, 0.3) is 10.9 Å². The van der Waals surface area contributed by atoms with Crippen molar-refractivity contribution in [3.63, 3.8) is 0 Å². The van der Waals surface area contributed by atoms with Gasteiger partial charge in [0.1, 0.15) is 17.2 Å². The maximum atomic E-state index is 14.4. The first kappa shape index (κ1) is 16.0. The summed E-state index contributed by atoms with van der Waals surface area (Å²) in [5.41, 5.74) is 2.09. The van der Waals surface area contributed by atoms with Crippen LogP contribution in [-0.2, 0) is 0 Å². The third-order valence-corrected chi connectivity index (χ3v) is 4.74. The number of fused-ring (bicyclic) bond motifs is 1. The first-order chi connectivity index (χ1) is 12.1. The Bertz CT molecular complexity index is 947. The number of carbonyl (C=O) groups excluding carboxylic acids is 1. The Morgan fingerprint density at radius 2 is 1.96 bits per heavy atom. The van der Waals surface area contributed by atoms with Crippen LogP contribution in [0.2, 0.25) is 5.02 Å². The molecule has 128 valence electrons. The van der Waals surface area contributed by atoms with Gasteiger partial charge in [-0.15, -0.1) is 0 Å². The predicted octanol–water partition coefficient (Wildman–Crippen LogP) is 4.81. The lowest BCUT2D eigenvalue weighted by molar-refractivity contribution is 0.102. The number of anilines is 2. The maximum Gasteiger partial charge on any atom is 0.272 e. The monoisotopic (exact) mass is 357 g/mol. The van der Waals surface area contributed by atoms with Gasteiger partial charge in [0.2, 0.25) is 0 Å². The molecule has 6 heteroatoms. The predicted molar refractivity (Wildman–Crippen MR) is 99.1 cm³/mol. The van der Waals surface area contributed by atoms with Gasteiger partial charge in [-0.05, 0) is 43.2 Å². The van der Waals surface area contributed by atoms with Gasteiger partial charge in [-0.2, -0.15) is 0 Å². The number of H-pyrrole nitrogens is 1. The average Bonchev–Trinajstić information content (AvgIpc) is 3.25. The van der Waals surface area contributed by atoms with Crippen molar-refractivity contribution < 1.29 is 9.18 Å². The third kappa shape index (κ3) is 3.07. The lowest BCUT2D eigenvalue weighted by Gasteiger charge is -2.21. The van der Waals surface area contributed by atoms with Crippen molar-refractivity contribution in [1.29, 1.82) is 0 Å². The summed E-state index contributed by atoms with van der Waals surface area (Å²) < 4.78 is 14.4. The van der Waals surface area contributed by atoms with E-state index in [1.807, 2.05) is 12.1 Å². The molecule has 25 heavy (non-hydrogen) atoms. The van der Waals surface area contributed by atoms with E-state index in [9.17, 15) is 9.18 Å². The molecule has 1 aromatic heterocycles. The van der Waals surface area contributed by atoms with Crippen molar-refractivity contribution in [2.75, 3.05) is 23.3 Å². The number of nitrogens with one attached hydrogen (secondary N) is 2. The van der Waals surface area contributed by atoms with Gasteiger partial charge >= 0.3 is 0 Å². The summed E-state index contributed by atoms with van der Waals surface area (Å²) in [7, 11) is 0. The maximum absolute atomic E-state index is 14.4. The van der Waals surface area contributed by atoms with Gasteiger partial charge in [0.25, 0.3) is 5.91 Å². The second kappa shape index (κ2) is 6.41. The molecule has 0 spiro atoms. The van der Waals surface area contributed by atoms with Crippen molar-refractivity contribution in [3.8, 4) is 0 Å². The van der Waals surface area contributed by atoms with Crippen LogP contribution in [0.15, 0.2) is 42.5 Å². The second-order valence-corrected chi connectivity index (χ2v) is 6.63. The molecule has 0 bridgehead atoms. The minimum Gasteiger partial charge on any atom is -0.370 e. The first-order valence-corrected chi connectivity index (χ1v) is 8.63. The molecule has 2 aromatic carbocycles. The van der Waals surface area contributed by atoms with Gasteiger partial charge in [-0.1, -0.05) is 23.7 Å². The average molecular weight is 358 g/mol. The molecular formula is C19H17ClFN3O. The van der Waals surface area contributed by atoms with Gasteiger partial charge < -0.3 is 15.2 Å². The van der Waals surface area contributed by atoms with Gasteiger partial charge in [-0.25, -0.2) is 4.39 Å². The van der Waals surface area contributed by atoms with Crippen molar-refractivity contribution >= 4 is 39.8 Å². The second-order valence-electron chi connectivity index (χ2n) is 6.20. The summed E-state index contributed by atoms with van der Waals surface area (Å²) in [5.74, 6) is -0.810. The zero-order chi connectivity index (χ0) is 17.4. The normalized spacial score (nSPS) is 14.2. The molecule has 4 rings (SSSR count). The number of halogens is 2. The summed E-state index contributed by atoms with van der Waals surface area (Å²) in [6.45, 7) is 1.74. The quantitative estimate of drug-likeness (QED) is 0.706. The number of para-hydroxylation sites is 1. The highest BCUT2D eigenvalue weighted by Gasteiger charge is 2.20. The minimum atomic E-state index is -0.433. The summed E-state index contributed by atoms with van der Waals surface area (Å²) in [5, 5.41) is 4.19. The largest absolute Gasteiger partial charge is 0.370 e. The number of rotatable bonds is 3. The van der Waals surface area contributed by atoms with E-state index in [1.54, 1.807) is 24.3 Å². The van der Waals surface area contributed by atoms with Gasteiger partial charge in [0.05, 0.1) is 5.69 Å². The fraction of sp³-hybridized carbons (Fsp3) is 0.211. The molecule has 0 saturated carbocycles. The Kier molecular flexibility index (Phi) is 4.09. The highest BCUT2D eigenvalue weighted by atomic mass is 35.5. The van der Waals surface area contributed by atoms with Crippen LogP contribution in [0.4, 0.5) is 15.8 Å². The molecule has 0 radical (unpaired) electrons. The minimum absolute atomic E-state index is 0.228. The molecule has 1 aliphatic rings. The van der Waals surface area contributed by atoms with Crippen LogP contribution in [0, 0.1) is 5.82 Å². The van der Waals surface area contributed by atoms with Crippen molar-refractivity contribution in [3.05, 3.63) is 59.0 Å². The summed E-state index contributed by atoms with van der Waals surface area (Å²) >= 11 is 5.98. The van der Waals surface area contributed by atoms with Crippen molar-refractivity contribution in [2.24, 2.45) is 0 Å². The zero-order valence-corrected chi connectivity index (χ0v) is 14.2. The summed E-state index contributed by atoms with van der Waals surface area (Å²) in [6.07, 6.45) is 2.15. The Hall–Kier alpha value is -2.53. The zero-order valence-electron chi connectivity index (χ0n) is 13.5. The Morgan fingerprint density at radius 3 is 2.76 bits per heavy atom. The molecular weight excluding hydrogens is 341 g/mol. The first-order valence-electron chi connectivity index (χ1n) is 8.25. The van der Waals surface area contributed by atoms with Crippen LogP contribution in [0.3, 0.4) is 0 Å². The fourth-order valence-corrected chi connectivity index (χ4v) is 3.43. The van der Waals surface area contributed by atoms with E-state index in [0.717, 1.165) is 42.5 Å². The molecule has 1 aliphatic heterocycles. The number of carbonyl (C=O) groups is 1. The molecule has 0 unspecified atom stereocenters. The van der Waals surface area contributed by atoms with Crippen LogP contribution in [-0.4, -0.2) is 24.0 Å². The Morgan fingerprint density at radius 1 is 1.16 bits per heavy atom. The molecule has 0 aliphatic carbocycles. The third-order valence-electron chi connectivity index (χ3n) is 4.51. The Labute approximate surface area is 149 Å². The van der Waals surface area contributed by atoms with E-state index in [1.165, 1.54) is 6.07 Å². The molecule has 0 atom stereocenters. The number of hydrogen-bond donors (Lipinski definition) is 2. The number of aromatic amines is 1. The smallest absolute Gasteiger partial charge is 0.272 e. The lowest BCUT2D eigenvalue weighted by Crippen LogP contribution is -2.22. The number of amides is 1. The Balaban J connectivity index is 1.65. The van der Waals surface area contributed by atoms with E-state index in [2.05, 4.69) is 15.2 Å². The topological polar surface area (TPSA) is 48.1 Å². The van der Waals surface area contributed by atoms with E-state index in [0.29, 0.717) is 10.7 Å². The molecule has 4 nitrogen and oxygen atoms in total. The van der Waals surface area contributed by atoms with Gasteiger partial charge in [0, 0.05) is 29.0 Å². The summed E-state index contributed by atoms with van der Waals surface area (Å²) in [4.78, 5) is 17.8. The van der Waals surface area contributed by atoms with E-state index < -0.39 is 5.82 Å². The SMILES string of the molecule is O=C(Nc1c(F)cccc1N1CCCC1)c1cc2ccc(Cl)cc2[nH]1. The molecule has 2 N–H and O–H groups in total. The van der Waals surface area contributed by atoms with Crippen molar-refractivity contribution in [1.82, 2.24) is 4.98 Å². The summed E-state index contributed by atoms with van der Waals surface area (Å²) in [6, 6.07) is 12.0. The molecule has 1 saturated heterocycles. The van der Waals surface area contributed by atoms with Crippen molar-refractivity contribution in [2.45, 2.75) is 12.8 Å². The highest BCUT2D eigenvalue weighted by Crippen LogP contribution is 2.31. The van der Waals surface area contributed by atoms with Gasteiger partial charge in [-0.3, -0.25) is 4.79 Å². The number of aromatic nitrogens is 1. The van der Waals surface area contributed by atoms with E-state index >= 15 is 0 Å². The van der Waals surface area contributed by atoms with Crippen LogP contribution >= 0.6 is 11.6 Å². The molecule has 1 fully saturated rings. The highest BCUT2D eigenvalue weighted by molar-refractivity contribution is 6.31. The molecule has 1 amide bonds. The van der Waals surface area contributed by atoms with Gasteiger partial charge in [0.15, 0.2) is 0 Å². The fourth-order valence-electron chi connectivity index (χ4n) is 3.26. The molecule has 2 heterocycles. The number of nitrogens with zero attached hydrogens (tertiary/aromatic N) is 1. The van der Waals surface area contributed by atoms with E-state index in [-0.39, 0.29) is 11.6 Å². The van der Waals surface area contributed by atoms with Crippen LogP contribution in [0.1, 0.15) is 23.3 Å². The number of benzene rings is 2. The lowest BCUT2D eigenvalue weighted by atomic mass is 10.2. The standard InChI is InChI=1S/C19H17ClFN3O/c20-13-7-6-12-10-16(22-15(12)11-13)19(25)23-18-14(21)4-3-5-17(18)24-8-1-2-9-24/h3-7,10-11,22H,1-2,8-9H2,(H,23,25).